The van der Waals surface area contributed by atoms with Crippen LogP contribution in [0.1, 0.15) is 52.4 Å². The number of nitrogens with zero attached hydrogens (tertiary/aromatic N) is 1. The number of carbonyl (C=O) groups excluding carboxylic acids is 3. The summed E-state index contributed by atoms with van der Waals surface area (Å²) in [5.74, 6) is -1.00. The van der Waals surface area contributed by atoms with Gasteiger partial charge in [0.05, 0.1) is 13.2 Å². The Morgan fingerprint density at radius 3 is 2.26 bits per heavy atom. The van der Waals surface area contributed by atoms with E-state index < -0.39 is 18.6 Å². The van der Waals surface area contributed by atoms with Crippen LogP contribution in [0.3, 0.4) is 0 Å². The zero-order valence-electron chi connectivity index (χ0n) is 14.6. The summed E-state index contributed by atoms with van der Waals surface area (Å²) in [4.78, 5) is 36.7. The Bertz CT molecular complexity index is 374. The third-order valence-electron chi connectivity index (χ3n) is 3.63. The second kappa shape index (κ2) is 12.9. The van der Waals surface area contributed by atoms with Crippen molar-refractivity contribution in [1.29, 1.82) is 0 Å². The van der Waals surface area contributed by atoms with Crippen molar-refractivity contribution in [2.45, 2.75) is 58.4 Å². The second-order valence-corrected chi connectivity index (χ2v) is 5.54. The average Bonchev–Trinajstić information content (AvgIpc) is 2.53. The Hall–Kier alpha value is -1.63. The average molecular weight is 329 g/mol. The van der Waals surface area contributed by atoms with Crippen molar-refractivity contribution < 1.29 is 19.5 Å². The molecule has 0 aromatic carbocycles. The van der Waals surface area contributed by atoms with Crippen LogP contribution in [-0.2, 0) is 14.4 Å². The molecule has 0 aliphatic carbocycles. The molecule has 0 aliphatic rings. The number of amides is 3. The van der Waals surface area contributed by atoms with E-state index >= 15 is 0 Å². The minimum Gasteiger partial charge on any atom is -0.394 e. The maximum absolute atomic E-state index is 12.1. The molecule has 7 heteroatoms. The molecule has 0 radical (unpaired) electrons. The van der Waals surface area contributed by atoms with Crippen LogP contribution in [0.25, 0.3) is 0 Å². The minimum absolute atomic E-state index is 0.164. The molecule has 0 aromatic heterocycles. The van der Waals surface area contributed by atoms with E-state index in [1.54, 1.807) is 6.92 Å². The van der Waals surface area contributed by atoms with E-state index in [-0.39, 0.29) is 18.4 Å². The normalized spacial score (nSPS) is 11.7. The number of aliphatic hydroxyl groups is 1. The summed E-state index contributed by atoms with van der Waals surface area (Å²) >= 11 is 0. The highest BCUT2D eigenvalue weighted by Gasteiger charge is 2.26. The summed E-state index contributed by atoms with van der Waals surface area (Å²) in [6.07, 6.45) is 5.53. The van der Waals surface area contributed by atoms with Crippen LogP contribution in [0.4, 0.5) is 0 Å². The molecule has 3 N–H and O–H groups in total. The van der Waals surface area contributed by atoms with Gasteiger partial charge in [-0.15, -0.1) is 0 Å². The Balaban J connectivity index is 4.26. The highest BCUT2D eigenvalue weighted by Crippen LogP contribution is 2.08. The maximum atomic E-state index is 12.1. The van der Waals surface area contributed by atoms with Crippen molar-refractivity contribution in [3.63, 3.8) is 0 Å². The van der Waals surface area contributed by atoms with E-state index in [1.165, 1.54) is 11.9 Å². The summed E-state index contributed by atoms with van der Waals surface area (Å²) in [6, 6.07) is -0.965. The Kier molecular flexibility index (Phi) is 12.0. The first-order valence-corrected chi connectivity index (χ1v) is 8.38. The van der Waals surface area contributed by atoms with Gasteiger partial charge in [0.2, 0.25) is 17.7 Å². The summed E-state index contributed by atoms with van der Waals surface area (Å²) in [6.45, 7) is 3.75. The quantitative estimate of drug-likeness (QED) is 0.452. The summed E-state index contributed by atoms with van der Waals surface area (Å²) in [7, 11) is 1.50. The summed E-state index contributed by atoms with van der Waals surface area (Å²) < 4.78 is 0. The largest absolute Gasteiger partial charge is 0.394 e. The molecule has 7 nitrogen and oxygen atoms in total. The number of hydrogen-bond acceptors (Lipinski definition) is 4. The number of likely N-dealkylation sites (N-methyl/N-ethyl adjacent to an activating group) is 2. The first-order chi connectivity index (χ1) is 11.0. The molecule has 23 heavy (non-hydrogen) atoms. The zero-order chi connectivity index (χ0) is 17.7. The molecule has 0 saturated heterocycles. The molecule has 0 spiro atoms. The van der Waals surface area contributed by atoms with Gasteiger partial charge in [-0.3, -0.25) is 14.4 Å². The van der Waals surface area contributed by atoms with E-state index in [4.69, 9.17) is 0 Å². The first-order valence-electron chi connectivity index (χ1n) is 8.38. The van der Waals surface area contributed by atoms with Gasteiger partial charge in [0, 0.05) is 20.0 Å². The molecule has 1 unspecified atom stereocenters. The Morgan fingerprint density at radius 1 is 1.04 bits per heavy atom. The highest BCUT2D eigenvalue weighted by atomic mass is 16.3. The Morgan fingerprint density at radius 2 is 1.70 bits per heavy atom. The van der Waals surface area contributed by atoms with Crippen LogP contribution < -0.4 is 10.6 Å². The van der Waals surface area contributed by atoms with Gasteiger partial charge >= 0.3 is 0 Å². The molecule has 0 rings (SSSR count). The molecule has 0 aromatic rings. The van der Waals surface area contributed by atoms with Crippen molar-refractivity contribution >= 4 is 17.7 Å². The SMILES string of the molecule is CCCCCCCC(=O)N(C)C(CO)C(=O)NCC(=O)NCC. The lowest BCUT2D eigenvalue weighted by atomic mass is 10.1. The van der Waals surface area contributed by atoms with Gasteiger partial charge in [-0.2, -0.15) is 0 Å². The van der Waals surface area contributed by atoms with Crippen LogP contribution in [0, 0.1) is 0 Å². The predicted octanol–water partition coefficient (Wildman–Crippen LogP) is 0.419. The Labute approximate surface area is 138 Å². The highest BCUT2D eigenvalue weighted by molar-refractivity contribution is 5.90. The van der Waals surface area contributed by atoms with Crippen LogP contribution >= 0.6 is 0 Å². The van der Waals surface area contributed by atoms with Crippen LogP contribution in [-0.4, -0.2) is 60.5 Å². The van der Waals surface area contributed by atoms with E-state index in [1.807, 2.05) is 0 Å². The maximum Gasteiger partial charge on any atom is 0.245 e. The number of nitrogens with one attached hydrogen (secondary N) is 2. The predicted molar refractivity (Wildman–Crippen MR) is 88.7 cm³/mol. The van der Waals surface area contributed by atoms with Gasteiger partial charge in [0.1, 0.15) is 6.04 Å². The molecule has 0 heterocycles. The topological polar surface area (TPSA) is 98.7 Å². The fraction of sp³-hybridized carbons (Fsp3) is 0.812. The molecule has 0 aliphatic heterocycles. The number of aliphatic hydroxyl groups excluding tert-OH is 1. The van der Waals surface area contributed by atoms with Crippen molar-refractivity contribution in [3.8, 4) is 0 Å². The smallest absolute Gasteiger partial charge is 0.245 e. The molecule has 0 fully saturated rings. The van der Waals surface area contributed by atoms with E-state index in [0.29, 0.717) is 13.0 Å². The number of rotatable bonds is 12. The van der Waals surface area contributed by atoms with Gasteiger partial charge in [-0.25, -0.2) is 0 Å². The van der Waals surface area contributed by atoms with E-state index in [2.05, 4.69) is 17.6 Å². The zero-order valence-corrected chi connectivity index (χ0v) is 14.6. The molecular formula is C16H31N3O4. The third-order valence-corrected chi connectivity index (χ3v) is 3.63. The van der Waals surface area contributed by atoms with Crippen LogP contribution in [0.15, 0.2) is 0 Å². The lowest BCUT2D eigenvalue weighted by molar-refractivity contribution is -0.140. The lowest BCUT2D eigenvalue weighted by Gasteiger charge is -2.25. The standard InChI is InChI=1S/C16H31N3O4/c1-4-6-7-8-9-10-15(22)19(3)13(12-20)16(23)18-11-14(21)17-5-2/h13,20H,4-12H2,1-3H3,(H,17,21)(H,18,23). The summed E-state index contributed by atoms with van der Waals surface area (Å²) in [5, 5.41) is 14.4. The van der Waals surface area contributed by atoms with Crippen molar-refractivity contribution in [2.75, 3.05) is 26.7 Å². The number of unbranched alkanes of at least 4 members (excludes halogenated alkanes) is 4. The van der Waals surface area contributed by atoms with Gasteiger partial charge in [-0.05, 0) is 13.3 Å². The molecule has 3 amide bonds. The molecule has 1 atom stereocenters. The fourth-order valence-corrected chi connectivity index (χ4v) is 2.16. The van der Waals surface area contributed by atoms with Crippen LogP contribution in [0.2, 0.25) is 0 Å². The van der Waals surface area contributed by atoms with Gasteiger partial charge in [0.25, 0.3) is 0 Å². The molecule has 0 bridgehead atoms. The van der Waals surface area contributed by atoms with Crippen molar-refractivity contribution in [1.82, 2.24) is 15.5 Å². The molecular weight excluding hydrogens is 298 g/mol. The lowest BCUT2D eigenvalue weighted by Crippen LogP contribution is -2.51. The number of hydrogen-bond donors (Lipinski definition) is 3. The van der Waals surface area contributed by atoms with Gasteiger partial charge in [0.15, 0.2) is 0 Å². The molecule has 0 saturated carbocycles. The third kappa shape index (κ3) is 9.18. The van der Waals surface area contributed by atoms with Gasteiger partial charge < -0.3 is 20.6 Å². The van der Waals surface area contributed by atoms with Gasteiger partial charge in [-0.1, -0.05) is 32.6 Å². The van der Waals surface area contributed by atoms with Crippen molar-refractivity contribution in [2.24, 2.45) is 0 Å². The van der Waals surface area contributed by atoms with E-state index in [9.17, 15) is 19.5 Å². The molecule has 134 valence electrons. The number of carbonyl (C=O) groups is 3. The monoisotopic (exact) mass is 329 g/mol. The van der Waals surface area contributed by atoms with E-state index in [0.717, 1.165) is 32.1 Å². The first kappa shape index (κ1) is 21.4. The second-order valence-electron chi connectivity index (χ2n) is 5.54. The summed E-state index contributed by atoms with van der Waals surface area (Å²) in [5.41, 5.74) is 0. The fourth-order valence-electron chi connectivity index (χ4n) is 2.16. The van der Waals surface area contributed by atoms with Crippen molar-refractivity contribution in [3.05, 3.63) is 0 Å². The minimum atomic E-state index is -0.965. The van der Waals surface area contributed by atoms with Crippen LogP contribution in [0.5, 0.6) is 0 Å².